The van der Waals surface area contributed by atoms with Crippen LogP contribution in [0.2, 0.25) is 0 Å². The van der Waals surface area contributed by atoms with Gasteiger partial charge in [-0.1, -0.05) is 6.42 Å². The maximum atomic E-state index is 12.0. The number of carbonyl (C=O) groups excluding carboxylic acids is 1. The van der Waals surface area contributed by atoms with Crippen LogP contribution in [0.4, 0.5) is 5.69 Å². The zero-order chi connectivity index (χ0) is 13.7. The number of nitrogens with two attached hydrogens (primary N) is 1. The van der Waals surface area contributed by atoms with Crippen molar-refractivity contribution in [2.75, 3.05) is 31.9 Å². The van der Waals surface area contributed by atoms with Crippen molar-refractivity contribution in [3.8, 4) is 0 Å². The number of nitrogens with one attached hydrogen (secondary N) is 1. The molecule has 1 aromatic heterocycles. The molecule has 0 spiro atoms. The maximum absolute atomic E-state index is 12.0. The second-order valence-electron chi connectivity index (χ2n) is 4.95. The highest BCUT2D eigenvalue weighted by molar-refractivity contribution is 5.96. The van der Waals surface area contributed by atoms with E-state index in [1.165, 1.54) is 19.3 Å². The number of anilines is 1. The third-order valence-electron chi connectivity index (χ3n) is 3.49. The molecule has 106 valence electrons. The minimum Gasteiger partial charge on any atom is -0.396 e. The highest BCUT2D eigenvalue weighted by Crippen LogP contribution is 2.09. The van der Waals surface area contributed by atoms with Gasteiger partial charge in [-0.25, -0.2) is 0 Å². The average Bonchev–Trinajstić information content (AvgIpc) is 2.81. The molecule has 0 bridgehead atoms. The largest absolute Gasteiger partial charge is 0.396 e. The van der Waals surface area contributed by atoms with Crippen LogP contribution in [0.3, 0.4) is 0 Å². The van der Waals surface area contributed by atoms with Crippen molar-refractivity contribution in [3.05, 3.63) is 11.9 Å². The molecule has 1 fully saturated rings. The van der Waals surface area contributed by atoms with Gasteiger partial charge in [0, 0.05) is 25.8 Å². The molecule has 0 saturated carbocycles. The van der Waals surface area contributed by atoms with E-state index in [0.717, 1.165) is 19.6 Å². The number of rotatable bonds is 5. The average molecular weight is 265 g/mol. The minimum absolute atomic E-state index is 0.179. The molecule has 1 aliphatic rings. The molecule has 2 rings (SSSR count). The predicted molar refractivity (Wildman–Crippen MR) is 74.9 cm³/mol. The SMILES string of the molecule is CCn1cc(N)c(C(=O)NCCN2CCCCC2)n1. The Morgan fingerprint density at radius 2 is 2.16 bits per heavy atom. The van der Waals surface area contributed by atoms with Crippen LogP contribution in [-0.2, 0) is 6.54 Å². The van der Waals surface area contributed by atoms with Crippen molar-refractivity contribution < 1.29 is 4.79 Å². The fourth-order valence-electron chi connectivity index (χ4n) is 2.37. The van der Waals surface area contributed by atoms with Gasteiger partial charge in [0.25, 0.3) is 5.91 Å². The molecule has 0 aromatic carbocycles. The van der Waals surface area contributed by atoms with Crippen LogP contribution in [0.1, 0.15) is 36.7 Å². The highest BCUT2D eigenvalue weighted by Gasteiger charge is 2.15. The lowest BCUT2D eigenvalue weighted by Crippen LogP contribution is -2.37. The Bertz CT molecular complexity index is 423. The number of aromatic nitrogens is 2. The molecule has 1 aliphatic heterocycles. The van der Waals surface area contributed by atoms with Crippen LogP contribution in [0.15, 0.2) is 6.20 Å². The van der Waals surface area contributed by atoms with E-state index in [1.807, 2.05) is 6.92 Å². The van der Waals surface area contributed by atoms with E-state index >= 15 is 0 Å². The second kappa shape index (κ2) is 6.56. The molecule has 0 aliphatic carbocycles. The van der Waals surface area contributed by atoms with Crippen LogP contribution in [0.25, 0.3) is 0 Å². The molecule has 0 atom stereocenters. The Kier molecular flexibility index (Phi) is 4.79. The van der Waals surface area contributed by atoms with Gasteiger partial charge in [0.05, 0.1) is 5.69 Å². The summed E-state index contributed by atoms with van der Waals surface area (Å²) in [6, 6.07) is 0. The Morgan fingerprint density at radius 1 is 1.42 bits per heavy atom. The van der Waals surface area contributed by atoms with E-state index in [9.17, 15) is 4.79 Å². The standard InChI is InChI=1S/C13H23N5O/c1-2-18-10-11(14)12(16-18)13(19)15-6-9-17-7-4-3-5-8-17/h10H,2-9,14H2,1H3,(H,15,19). The van der Waals surface area contributed by atoms with Crippen LogP contribution in [-0.4, -0.2) is 46.8 Å². The molecular formula is C13H23N5O. The number of likely N-dealkylation sites (tertiary alicyclic amines) is 1. The third kappa shape index (κ3) is 3.70. The first kappa shape index (κ1) is 13.9. The van der Waals surface area contributed by atoms with Crippen LogP contribution < -0.4 is 11.1 Å². The molecule has 1 amide bonds. The normalized spacial score (nSPS) is 16.5. The van der Waals surface area contributed by atoms with Crippen LogP contribution in [0.5, 0.6) is 0 Å². The summed E-state index contributed by atoms with van der Waals surface area (Å²) >= 11 is 0. The Morgan fingerprint density at radius 3 is 2.79 bits per heavy atom. The number of piperidine rings is 1. The first-order valence-corrected chi connectivity index (χ1v) is 7.04. The van der Waals surface area contributed by atoms with Crippen molar-refractivity contribution in [1.29, 1.82) is 0 Å². The summed E-state index contributed by atoms with van der Waals surface area (Å²) in [5, 5.41) is 7.05. The lowest BCUT2D eigenvalue weighted by molar-refractivity contribution is 0.0941. The van der Waals surface area contributed by atoms with Gasteiger partial charge in [0.2, 0.25) is 0 Å². The second-order valence-corrected chi connectivity index (χ2v) is 4.95. The summed E-state index contributed by atoms with van der Waals surface area (Å²) in [6.07, 6.45) is 5.55. The number of carbonyl (C=O) groups is 1. The molecule has 1 saturated heterocycles. The van der Waals surface area contributed by atoms with Crippen molar-refractivity contribution >= 4 is 11.6 Å². The smallest absolute Gasteiger partial charge is 0.273 e. The Balaban J connectivity index is 1.78. The van der Waals surface area contributed by atoms with Gasteiger partial charge in [0.15, 0.2) is 5.69 Å². The number of hydrogen-bond donors (Lipinski definition) is 2. The van der Waals surface area contributed by atoms with Crippen LogP contribution >= 0.6 is 0 Å². The van der Waals surface area contributed by atoms with E-state index in [4.69, 9.17) is 5.73 Å². The van der Waals surface area contributed by atoms with E-state index in [-0.39, 0.29) is 5.91 Å². The minimum atomic E-state index is -0.179. The molecule has 0 radical (unpaired) electrons. The molecule has 6 nitrogen and oxygen atoms in total. The lowest BCUT2D eigenvalue weighted by Gasteiger charge is -2.26. The monoisotopic (exact) mass is 265 g/mol. The summed E-state index contributed by atoms with van der Waals surface area (Å²) in [5.41, 5.74) is 6.55. The van der Waals surface area contributed by atoms with Gasteiger partial charge in [-0.2, -0.15) is 5.10 Å². The first-order chi connectivity index (χ1) is 9.20. The molecule has 1 aromatic rings. The fourth-order valence-corrected chi connectivity index (χ4v) is 2.37. The van der Waals surface area contributed by atoms with Gasteiger partial charge in [-0.3, -0.25) is 9.48 Å². The predicted octanol–water partition coefficient (Wildman–Crippen LogP) is 0.701. The van der Waals surface area contributed by atoms with E-state index in [1.54, 1.807) is 10.9 Å². The van der Waals surface area contributed by atoms with Crippen molar-refractivity contribution in [3.63, 3.8) is 0 Å². The summed E-state index contributed by atoms with van der Waals surface area (Å²) in [7, 11) is 0. The van der Waals surface area contributed by atoms with E-state index < -0.39 is 0 Å². The Labute approximate surface area is 113 Å². The van der Waals surface area contributed by atoms with Gasteiger partial charge in [-0.15, -0.1) is 0 Å². The molecule has 6 heteroatoms. The molecule has 3 N–H and O–H groups in total. The lowest BCUT2D eigenvalue weighted by atomic mass is 10.1. The quantitative estimate of drug-likeness (QED) is 0.821. The number of hydrogen-bond acceptors (Lipinski definition) is 4. The van der Waals surface area contributed by atoms with E-state index in [2.05, 4.69) is 15.3 Å². The zero-order valence-electron chi connectivity index (χ0n) is 11.6. The number of nitrogen functional groups attached to an aromatic ring is 1. The van der Waals surface area contributed by atoms with E-state index in [0.29, 0.717) is 24.5 Å². The van der Waals surface area contributed by atoms with Crippen molar-refractivity contribution in [2.24, 2.45) is 0 Å². The fraction of sp³-hybridized carbons (Fsp3) is 0.692. The number of nitrogens with zero attached hydrogens (tertiary/aromatic N) is 3. The van der Waals surface area contributed by atoms with Gasteiger partial charge < -0.3 is 16.0 Å². The maximum Gasteiger partial charge on any atom is 0.273 e. The van der Waals surface area contributed by atoms with Crippen molar-refractivity contribution in [2.45, 2.75) is 32.7 Å². The number of aryl methyl sites for hydroxylation is 1. The highest BCUT2D eigenvalue weighted by atomic mass is 16.2. The zero-order valence-corrected chi connectivity index (χ0v) is 11.6. The summed E-state index contributed by atoms with van der Waals surface area (Å²) in [4.78, 5) is 14.3. The van der Waals surface area contributed by atoms with Gasteiger partial charge in [0.1, 0.15) is 0 Å². The van der Waals surface area contributed by atoms with Gasteiger partial charge in [-0.05, 0) is 32.9 Å². The topological polar surface area (TPSA) is 76.2 Å². The molecular weight excluding hydrogens is 242 g/mol. The van der Waals surface area contributed by atoms with Gasteiger partial charge >= 0.3 is 0 Å². The molecule has 19 heavy (non-hydrogen) atoms. The van der Waals surface area contributed by atoms with Crippen molar-refractivity contribution in [1.82, 2.24) is 20.0 Å². The number of amides is 1. The third-order valence-corrected chi connectivity index (χ3v) is 3.49. The first-order valence-electron chi connectivity index (χ1n) is 7.04. The summed E-state index contributed by atoms with van der Waals surface area (Å²) < 4.78 is 1.68. The molecule has 0 unspecified atom stereocenters. The molecule has 2 heterocycles. The summed E-state index contributed by atoms with van der Waals surface area (Å²) in [6.45, 7) is 6.51. The van der Waals surface area contributed by atoms with Crippen LogP contribution in [0, 0.1) is 0 Å². The Hall–Kier alpha value is -1.56. The summed E-state index contributed by atoms with van der Waals surface area (Å²) in [5.74, 6) is -0.179.